The number of hydrogen-bond donors (Lipinski definition) is 2. The van der Waals surface area contributed by atoms with Crippen LogP contribution in [0.4, 0.5) is 0 Å². The highest BCUT2D eigenvalue weighted by Crippen LogP contribution is 1.97. The van der Waals surface area contributed by atoms with Crippen LogP contribution in [0.1, 0.15) is 13.3 Å². The topological polar surface area (TPSA) is 52.7 Å². The van der Waals surface area contributed by atoms with Crippen LogP contribution in [0.25, 0.3) is 0 Å². The highest BCUT2D eigenvalue weighted by Gasteiger charge is 2.20. The molecule has 0 aromatic rings. The number of carbonyl (C=O) groups excluding carboxylic acids is 2. The lowest BCUT2D eigenvalue weighted by Crippen LogP contribution is -2.48. The molecule has 0 spiro atoms. The first-order valence-corrected chi connectivity index (χ1v) is 6.29. The second kappa shape index (κ2) is 8.36. The molecule has 0 aliphatic heterocycles. The van der Waals surface area contributed by atoms with Gasteiger partial charge in [0.1, 0.15) is 6.04 Å². The lowest BCUT2D eigenvalue weighted by atomic mass is 10.2. The Morgan fingerprint density at radius 3 is 2.24 bits per heavy atom. The van der Waals surface area contributed by atoms with Crippen LogP contribution in [-0.2, 0) is 9.59 Å². The van der Waals surface area contributed by atoms with Crippen molar-refractivity contribution in [3.05, 3.63) is 0 Å². The van der Waals surface area contributed by atoms with Crippen molar-refractivity contribution >= 4 is 24.4 Å². The molecule has 6 heteroatoms. The summed E-state index contributed by atoms with van der Waals surface area (Å²) in [7, 11) is 5.74. The Bertz CT molecular complexity index is 259. The van der Waals surface area contributed by atoms with E-state index in [1.54, 1.807) is 11.9 Å². The van der Waals surface area contributed by atoms with Crippen molar-refractivity contribution in [3.63, 3.8) is 0 Å². The van der Waals surface area contributed by atoms with E-state index < -0.39 is 6.04 Å². The first-order chi connectivity index (χ1) is 7.88. The highest BCUT2D eigenvalue weighted by atomic mass is 32.1. The molecule has 0 heterocycles. The molecule has 0 bridgehead atoms. The third-order valence-corrected chi connectivity index (χ3v) is 2.70. The van der Waals surface area contributed by atoms with Crippen LogP contribution in [0, 0.1) is 0 Å². The Labute approximate surface area is 109 Å². The minimum Gasteiger partial charge on any atom is -0.344 e. The Kier molecular flexibility index (Phi) is 7.99. The van der Waals surface area contributed by atoms with E-state index in [1.807, 2.05) is 14.1 Å². The first kappa shape index (κ1) is 16.2. The monoisotopic (exact) mass is 261 g/mol. The lowest BCUT2D eigenvalue weighted by Gasteiger charge is -2.23. The number of likely N-dealkylation sites (N-methyl/N-ethyl adjacent to an activating group) is 1. The molecule has 1 N–H and O–H groups in total. The fourth-order valence-electron chi connectivity index (χ4n) is 1.43. The fourth-order valence-corrected chi connectivity index (χ4v) is 1.68. The number of carbonyl (C=O) groups is 2. The van der Waals surface area contributed by atoms with Gasteiger partial charge in [0.05, 0.1) is 0 Å². The molecule has 1 atom stereocenters. The van der Waals surface area contributed by atoms with Crippen molar-refractivity contribution in [2.45, 2.75) is 19.4 Å². The van der Waals surface area contributed by atoms with E-state index in [2.05, 4.69) is 22.8 Å². The van der Waals surface area contributed by atoms with Gasteiger partial charge in [0.25, 0.3) is 0 Å². The summed E-state index contributed by atoms with van der Waals surface area (Å²) in [6.45, 7) is 3.01. The van der Waals surface area contributed by atoms with Gasteiger partial charge in [0, 0.05) is 26.3 Å². The smallest absolute Gasteiger partial charge is 0.245 e. The van der Waals surface area contributed by atoms with E-state index in [1.165, 1.54) is 6.92 Å². The largest absolute Gasteiger partial charge is 0.344 e. The van der Waals surface area contributed by atoms with Gasteiger partial charge in [-0.1, -0.05) is 0 Å². The van der Waals surface area contributed by atoms with Crippen molar-refractivity contribution in [2.24, 2.45) is 0 Å². The molecular weight excluding hydrogens is 238 g/mol. The average molecular weight is 261 g/mol. The Balaban J connectivity index is 4.12. The summed E-state index contributed by atoms with van der Waals surface area (Å²) in [5, 5.41) is 2.59. The Hall–Kier alpha value is -0.750. The van der Waals surface area contributed by atoms with Crippen LogP contribution in [0.3, 0.4) is 0 Å². The van der Waals surface area contributed by atoms with Crippen LogP contribution in [0.2, 0.25) is 0 Å². The SMILES string of the molecule is CC(=O)NC(CS)C(=O)N(C)CCCN(C)C. The Morgan fingerprint density at radius 2 is 1.82 bits per heavy atom. The number of thiol groups is 1. The maximum absolute atomic E-state index is 11.9. The summed E-state index contributed by atoms with van der Waals surface area (Å²) in [5.41, 5.74) is 0. The molecule has 0 aliphatic rings. The molecule has 0 fully saturated rings. The quantitative estimate of drug-likeness (QED) is 0.626. The van der Waals surface area contributed by atoms with Gasteiger partial charge in [-0.2, -0.15) is 12.6 Å². The van der Waals surface area contributed by atoms with Crippen LogP contribution >= 0.6 is 12.6 Å². The standard InChI is InChI=1S/C11H23N3O2S/c1-9(15)12-10(8-17)11(16)14(4)7-5-6-13(2)3/h10,17H,5-8H2,1-4H3,(H,12,15). The van der Waals surface area contributed by atoms with Crippen LogP contribution < -0.4 is 5.32 Å². The third-order valence-electron chi connectivity index (χ3n) is 2.33. The van der Waals surface area contributed by atoms with Crippen LogP contribution in [0.15, 0.2) is 0 Å². The highest BCUT2D eigenvalue weighted by molar-refractivity contribution is 7.80. The molecule has 0 aliphatic carbocycles. The van der Waals surface area contributed by atoms with Crippen LogP contribution in [-0.4, -0.2) is 67.6 Å². The maximum Gasteiger partial charge on any atom is 0.245 e. The predicted octanol–water partition coefficient (Wildman–Crippen LogP) is -0.169. The zero-order valence-corrected chi connectivity index (χ0v) is 12.0. The summed E-state index contributed by atoms with van der Waals surface area (Å²) in [6, 6.07) is -0.528. The average Bonchev–Trinajstić information content (AvgIpc) is 2.23. The van der Waals surface area contributed by atoms with Crippen molar-refractivity contribution in [1.29, 1.82) is 0 Å². The molecule has 1 unspecified atom stereocenters. The second-order valence-corrected chi connectivity index (χ2v) is 4.72. The number of amides is 2. The zero-order valence-electron chi connectivity index (χ0n) is 11.1. The Morgan fingerprint density at radius 1 is 1.24 bits per heavy atom. The van der Waals surface area contributed by atoms with Gasteiger partial charge in [0.15, 0.2) is 0 Å². The van der Waals surface area contributed by atoms with Crippen molar-refractivity contribution in [2.75, 3.05) is 40.0 Å². The second-order valence-electron chi connectivity index (χ2n) is 4.35. The van der Waals surface area contributed by atoms with Crippen molar-refractivity contribution < 1.29 is 9.59 Å². The molecule has 5 nitrogen and oxygen atoms in total. The molecule has 0 radical (unpaired) electrons. The molecule has 0 saturated heterocycles. The summed E-state index contributed by atoms with van der Waals surface area (Å²) < 4.78 is 0. The van der Waals surface area contributed by atoms with E-state index in [4.69, 9.17) is 0 Å². The van der Waals surface area contributed by atoms with Crippen LogP contribution in [0.5, 0.6) is 0 Å². The predicted molar refractivity (Wildman–Crippen MR) is 72.3 cm³/mol. The van der Waals surface area contributed by atoms with Gasteiger partial charge in [-0.25, -0.2) is 0 Å². The van der Waals surface area contributed by atoms with E-state index in [9.17, 15) is 9.59 Å². The lowest BCUT2D eigenvalue weighted by molar-refractivity contribution is -0.134. The van der Waals surface area contributed by atoms with Gasteiger partial charge in [-0.05, 0) is 27.1 Å². The number of nitrogens with one attached hydrogen (secondary N) is 1. The minimum atomic E-state index is -0.528. The summed E-state index contributed by atoms with van der Waals surface area (Å²) in [6.07, 6.45) is 0.911. The summed E-state index contributed by atoms with van der Waals surface area (Å²) >= 11 is 4.08. The zero-order chi connectivity index (χ0) is 13.4. The van der Waals surface area contributed by atoms with E-state index >= 15 is 0 Å². The molecule has 0 rings (SSSR count). The van der Waals surface area contributed by atoms with E-state index in [0.717, 1.165) is 13.0 Å². The van der Waals surface area contributed by atoms with Gasteiger partial charge < -0.3 is 15.1 Å². The summed E-state index contributed by atoms with van der Waals surface area (Å²) in [4.78, 5) is 26.6. The molecule has 0 aromatic heterocycles. The molecule has 100 valence electrons. The van der Waals surface area contributed by atoms with Crippen molar-refractivity contribution in [1.82, 2.24) is 15.1 Å². The van der Waals surface area contributed by atoms with Gasteiger partial charge in [-0.3, -0.25) is 9.59 Å². The number of nitrogens with zero attached hydrogens (tertiary/aromatic N) is 2. The fraction of sp³-hybridized carbons (Fsp3) is 0.818. The molecule has 0 saturated carbocycles. The van der Waals surface area contributed by atoms with Gasteiger partial charge in [0.2, 0.25) is 11.8 Å². The minimum absolute atomic E-state index is 0.0889. The van der Waals surface area contributed by atoms with Crippen molar-refractivity contribution in [3.8, 4) is 0 Å². The normalized spacial score (nSPS) is 12.4. The maximum atomic E-state index is 11.9. The summed E-state index contributed by atoms with van der Waals surface area (Å²) in [5.74, 6) is 0.0178. The molecule has 2 amide bonds. The number of hydrogen-bond acceptors (Lipinski definition) is 4. The number of rotatable bonds is 7. The van der Waals surface area contributed by atoms with Gasteiger partial charge >= 0.3 is 0 Å². The van der Waals surface area contributed by atoms with Gasteiger partial charge in [-0.15, -0.1) is 0 Å². The molecular formula is C11H23N3O2S. The van der Waals surface area contributed by atoms with E-state index in [-0.39, 0.29) is 11.8 Å². The third kappa shape index (κ3) is 7.23. The first-order valence-electron chi connectivity index (χ1n) is 5.66. The molecule has 17 heavy (non-hydrogen) atoms. The molecule has 0 aromatic carbocycles. The van der Waals surface area contributed by atoms with E-state index in [0.29, 0.717) is 12.3 Å².